The minimum Gasteiger partial charge on any atom is -0.481 e. The third-order valence-corrected chi connectivity index (χ3v) is 7.15. The number of halogens is 3. The number of aromatic amines is 1. The molecule has 0 saturated carbocycles. The third-order valence-electron chi connectivity index (χ3n) is 6.54. The number of rotatable bonds is 10. The van der Waals surface area contributed by atoms with Gasteiger partial charge in [-0.05, 0) is 83.4 Å². The second kappa shape index (κ2) is 11.9. The number of nitrogens with one attached hydrogen (secondary N) is 1. The summed E-state index contributed by atoms with van der Waals surface area (Å²) in [5, 5.41) is 20.6. The molecule has 0 aliphatic heterocycles. The first kappa shape index (κ1) is 28.0. The number of Topliss-reactive ketones (excluding diaryl/α,β-unsaturated/α-hetero) is 1. The van der Waals surface area contributed by atoms with E-state index >= 15 is 4.39 Å². The minimum absolute atomic E-state index is 0.0447. The maximum atomic E-state index is 15.0. The fraction of sp³-hybridized carbons (Fsp3) is 0.167. The van der Waals surface area contributed by atoms with Crippen molar-refractivity contribution < 1.29 is 28.0 Å². The van der Waals surface area contributed by atoms with E-state index in [1.807, 2.05) is 31.2 Å². The molecule has 2 heterocycles. The van der Waals surface area contributed by atoms with Gasteiger partial charge in [-0.1, -0.05) is 28.9 Å². The first-order chi connectivity index (χ1) is 19.7. The van der Waals surface area contributed by atoms with Crippen LogP contribution in [0.2, 0.25) is 0 Å². The first-order valence-electron chi connectivity index (χ1n) is 12.6. The standard InChI is InChI=1S/C30H23BrF2N4O4/c1-16-2-5-18(6-3-16)29-34-28(37-41-29)23-8-4-17(11-26(23)33)10-20(30(39)40)12-22(38)14-21-15-27(36-35-21)19-7-9-25(32)24(31)13-19/h2-9,11,13,15,20H,10,12,14H2,1H3,(H,35,36)(H,39,40). The molecule has 0 fully saturated rings. The largest absolute Gasteiger partial charge is 0.481 e. The van der Waals surface area contributed by atoms with E-state index < -0.39 is 23.5 Å². The number of ketones is 1. The number of carboxylic acid groups (broad SMARTS) is 1. The molecule has 5 rings (SSSR count). The van der Waals surface area contributed by atoms with Gasteiger partial charge in [0.1, 0.15) is 17.4 Å². The van der Waals surface area contributed by atoms with Crippen molar-refractivity contribution in [3.8, 4) is 34.1 Å². The SMILES string of the molecule is Cc1ccc(-c2nc(-c3ccc(CC(CC(=O)Cc4cc(-c5ccc(F)c(Br)c5)n[nH]4)C(=O)O)cc3F)no2)cc1. The van der Waals surface area contributed by atoms with Gasteiger partial charge in [0.25, 0.3) is 5.89 Å². The van der Waals surface area contributed by atoms with Crippen LogP contribution in [0.4, 0.5) is 8.78 Å². The Bertz CT molecular complexity index is 1730. The summed E-state index contributed by atoms with van der Waals surface area (Å²) in [6, 6.07) is 17.8. The highest BCUT2D eigenvalue weighted by atomic mass is 79.9. The highest BCUT2D eigenvalue weighted by molar-refractivity contribution is 9.10. The van der Waals surface area contributed by atoms with E-state index in [0.717, 1.165) is 5.56 Å². The first-order valence-corrected chi connectivity index (χ1v) is 13.4. The van der Waals surface area contributed by atoms with E-state index in [-0.39, 0.29) is 46.8 Å². The number of hydrogen-bond acceptors (Lipinski definition) is 6. The molecule has 0 bridgehead atoms. The smallest absolute Gasteiger partial charge is 0.307 e. The van der Waals surface area contributed by atoms with Gasteiger partial charge in [-0.15, -0.1) is 0 Å². The fourth-order valence-corrected chi connectivity index (χ4v) is 4.74. The Morgan fingerprint density at radius 2 is 1.76 bits per heavy atom. The molecule has 2 N–H and O–H groups in total. The van der Waals surface area contributed by atoms with Crippen molar-refractivity contribution in [2.24, 2.45) is 5.92 Å². The average Bonchev–Trinajstić information content (AvgIpc) is 3.61. The number of aliphatic carboxylic acids is 1. The summed E-state index contributed by atoms with van der Waals surface area (Å²) in [5.41, 5.74) is 3.97. The van der Waals surface area contributed by atoms with Crippen LogP contribution in [0.3, 0.4) is 0 Å². The van der Waals surface area contributed by atoms with Crippen molar-refractivity contribution in [1.82, 2.24) is 20.3 Å². The van der Waals surface area contributed by atoms with E-state index in [4.69, 9.17) is 4.52 Å². The Kier molecular flexibility index (Phi) is 8.16. The molecule has 8 nitrogen and oxygen atoms in total. The Morgan fingerprint density at radius 1 is 1.00 bits per heavy atom. The van der Waals surface area contributed by atoms with Gasteiger partial charge in [0, 0.05) is 29.7 Å². The lowest BCUT2D eigenvalue weighted by Gasteiger charge is -2.12. The second-order valence-electron chi connectivity index (χ2n) is 9.67. The monoisotopic (exact) mass is 620 g/mol. The van der Waals surface area contributed by atoms with Gasteiger partial charge < -0.3 is 9.63 Å². The molecular formula is C30H23BrF2N4O4. The van der Waals surface area contributed by atoms with Gasteiger partial charge in [0.2, 0.25) is 5.82 Å². The number of carbonyl (C=O) groups excluding carboxylic acids is 1. The maximum absolute atomic E-state index is 15.0. The van der Waals surface area contributed by atoms with Crippen molar-refractivity contribution >= 4 is 27.7 Å². The van der Waals surface area contributed by atoms with Crippen molar-refractivity contribution in [3.05, 3.63) is 99.7 Å². The van der Waals surface area contributed by atoms with Gasteiger partial charge >= 0.3 is 5.97 Å². The summed E-state index contributed by atoms with van der Waals surface area (Å²) < 4.78 is 34.1. The predicted octanol–water partition coefficient (Wildman–Crippen LogP) is 6.59. The summed E-state index contributed by atoms with van der Waals surface area (Å²) in [7, 11) is 0. The highest BCUT2D eigenvalue weighted by Gasteiger charge is 2.23. The Hall–Kier alpha value is -4.51. The van der Waals surface area contributed by atoms with Crippen LogP contribution >= 0.6 is 15.9 Å². The quantitative estimate of drug-likeness (QED) is 0.181. The van der Waals surface area contributed by atoms with E-state index in [2.05, 4.69) is 36.3 Å². The number of nitrogens with zero attached hydrogens (tertiary/aromatic N) is 3. The molecule has 3 aromatic carbocycles. The summed E-state index contributed by atoms with van der Waals surface area (Å²) >= 11 is 3.13. The van der Waals surface area contributed by atoms with Gasteiger partial charge in [-0.3, -0.25) is 14.7 Å². The molecule has 0 radical (unpaired) electrons. The number of carboxylic acids is 1. The van der Waals surface area contributed by atoms with Crippen LogP contribution in [0.25, 0.3) is 34.1 Å². The number of H-pyrrole nitrogens is 1. The van der Waals surface area contributed by atoms with E-state index in [0.29, 0.717) is 28.1 Å². The summed E-state index contributed by atoms with van der Waals surface area (Å²) in [6.45, 7) is 1.95. The van der Waals surface area contributed by atoms with Crippen LogP contribution in [-0.4, -0.2) is 37.2 Å². The van der Waals surface area contributed by atoms with E-state index in [9.17, 15) is 19.1 Å². The molecule has 2 aromatic heterocycles. The number of hydrogen-bond donors (Lipinski definition) is 2. The predicted molar refractivity (Wildman–Crippen MR) is 150 cm³/mol. The summed E-state index contributed by atoms with van der Waals surface area (Å²) in [5.74, 6) is -3.25. The zero-order valence-corrected chi connectivity index (χ0v) is 23.3. The lowest BCUT2D eigenvalue weighted by atomic mass is 9.92. The molecule has 0 amide bonds. The minimum atomic E-state index is -1.16. The highest BCUT2D eigenvalue weighted by Crippen LogP contribution is 2.27. The zero-order chi connectivity index (χ0) is 29.1. The third kappa shape index (κ3) is 6.63. The number of aryl methyl sites for hydroxylation is 1. The Balaban J connectivity index is 1.23. The molecule has 0 saturated heterocycles. The van der Waals surface area contributed by atoms with Crippen LogP contribution in [-0.2, 0) is 22.4 Å². The van der Waals surface area contributed by atoms with Crippen molar-refractivity contribution in [1.29, 1.82) is 0 Å². The normalized spacial score (nSPS) is 11.9. The average molecular weight is 621 g/mol. The van der Waals surface area contributed by atoms with Crippen LogP contribution < -0.4 is 0 Å². The molecular weight excluding hydrogens is 598 g/mol. The summed E-state index contributed by atoms with van der Waals surface area (Å²) in [6.07, 6.45) is -0.357. The molecule has 5 aromatic rings. The topological polar surface area (TPSA) is 122 Å². The molecule has 41 heavy (non-hydrogen) atoms. The van der Waals surface area contributed by atoms with E-state index in [1.165, 1.54) is 18.2 Å². The molecule has 0 spiro atoms. The Labute approximate surface area is 241 Å². The van der Waals surface area contributed by atoms with Gasteiger partial charge in [0.15, 0.2) is 0 Å². The van der Waals surface area contributed by atoms with Gasteiger partial charge in [-0.25, -0.2) is 8.78 Å². The number of aromatic nitrogens is 4. The lowest BCUT2D eigenvalue weighted by Crippen LogP contribution is -2.21. The van der Waals surface area contributed by atoms with E-state index in [1.54, 1.807) is 24.3 Å². The molecule has 0 aliphatic carbocycles. The summed E-state index contributed by atoms with van der Waals surface area (Å²) in [4.78, 5) is 29.0. The van der Waals surface area contributed by atoms with Crippen molar-refractivity contribution in [2.75, 3.05) is 0 Å². The Morgan fingerprint density at radius 3 is 2.46 bits per heavy atom. The van der Waals surface area contributed by atoms with Gasteiger partial charge in [-0.2, -0.15) is 10.1 Å². The molecule has 11 heteroatoms. The second-order valence-corrected chi connectivity index (χ2v) is 10.5. The van der Waals surface area contributed by atoms with Crippen molar-refractivity contribution in [3.63, 3.8) is 0 Å². The van der Waals surface area contributed by atoms with Crippen LogP contribution in [0, 0.1) is 24.5 Å². The van der Waals surface area contributed by atoms with Crippen LogP contribution in [0.5, 0.6) is 0 Å². The molecule has 0 aliphatic rings. The van der Waals surface area contributed by atoms with Crippen LogP contribution in [0.1, 0.15) is 23.2 Å². The number of benzene rings is 3. The molecule has 1 atom stereocenters. The zero-order valence-electron chi connectivity index (χ0n) is 21.7. The van der Waals surface area contributed by atoms with Crippen LogP contribution in [0.15, 0.2) is 75.7 Å². The molecule has 208 valence electrons. The number of carbonyl (C=O) groups is 2. The van der Waals surface area contributed by atoms with Gasteiger partial charge in [0.05, 0.1) is 21.6 Å². The maximum Gasteiger partial charge on any atom is 0.307 e. The lowest BCUT2D eigenvalue weighted by molar-refractivity contribution is -0.143. The molecule has 1 unspecified atom stereocenters. The van der Waals surface area contributed by atoms with Crippen molar-refractivity contribution in [2.45, 2.75) is 26.2 Å². The fourth-order valence-electron chi connectivity index (χ4n) is 4.36.